The lowest BCUT2D eigenvalue weighted by molar-refractivity contribution is 0.276. The van der Waals surface area contributed by atoms with E-state index in [-0.39, 0.29) is 17.2 Å². The zero-order valence-electron chi connectivity index (χ0n) is 11.4. The van der Waals surface area contributed by atoms with E-state index in [1.165, 1.54) is 25.2 Å². The topological polar surface area (TPSA) is 102 Å². The third kappa shape index (κ3) is 3.33. The largest absolute Gasteiger partial charge is 0.457 e. The summed E-state index contributed by atoms with van der Waals surface area (Å²) >= 11 is 0. The summed E-state index contributed by atoms with van der Waals surface area (Å²) in [5.74, 6) is 0.882. The predicted molar refractivity (Wildman–Crippen MR) is 79.5 cm³/mol. The van der Waals surface area contributed by atoms with Crippen molar-refractivity contribution in [3.8, 4) is 11.5 Å². The normalized spacial score (nSPS) is 11.3. The van der Waals surface area contributed by atoms with Gasteiger partial charge in [-0.3, -0.25) is 0 Å². The van der Waals surface area contributed by atoms with Crippen LogP contribution in [0.3, 0.4) is 0 Å². The minimum Gasteiger partial charge on any atom is -0.457 e. The number of sulfonamides is 1. The van der Waals surface area contributed by atoms with E-state index in [0.717, 1.165) is 0 Å². The predicted octanol–water partition coefficient (Wildman–Crippen LogP) is 1.46. The second-order valence-corrected chi connectivity index (χ2v) is 6.13. The summed E-state index contributed by atoms with van der Waals surface area (Å²) < 4.78 is 31.3. The van der Waals surface area contributed by atoms with E-state index in [1.807, 2.05) is 0 Å². The van der Waals surface area contributed by atoms with Gasteiger partial charge in [-0.1, -0.05) is 18.2 Å². The molecular weight excluding hydrogens is 292 g/mol. The number of nitrogen functional groups attached to an aromatic ring is 1. The van der Waals surface area contributed by atoms with Crippen LogP contribution < -0.4 is 15.2 Å². The highest BCUT2D eigenvalue weighted by molar-refractivity contribution is 7.89. The maximum Gasteiger partial charge on any atom is 0.242 e. The molecule has 0 atom stereocenters. The highest BCUT2D eigenvalue weighted by atomic mass is 32.2. The van der Waals surface area contributed by atoms with E-state index in [4.69, 9.17) is 10.5 Å². The molecule has 0 fully saturated rings. The zero-order chi connectivity index (χ0) is 15.5. The van der Waals surface area contributed by atoms with Crippen molar-refractivity contribution in [3.05, 3.63) is 48.0 Å². The number of hydrogen-bond acceptors (Lipinski definition) is 5. The number of rotatable bonds is 5. The Morgan fingerprint density at radius 1 is 1.24 bits per heavy atom. The van der Waals surface area contributed by atoms with Gasteiger partial charge < -0.3 is 15.6 Å². The van der Waals surface area contributed by atoms with Crippen LogP contribution in [0, 0.1) is 0 Å². The molecule has 112 valence electrons. The molecule has 4 N–H and O–H groups in total. The summed E-state index contributed by atoms with van der Waals surface area (Å²) in [4.78, 5) is -0.00667. The first-order valence-electron chi connectivity index (χ1n) is 6.17. The average Bonchev–Trinajstić information content (AvgIpc) is 2.47. The Morgan fingerprint density at radius 2 is 1.95 bits per heavy atom. The molecule has 2 aromatic carbocycles. The minimum atomic E-state index is -3.60. The molecule has 7 heteroatoms. The fourth-order valence-electron chi connectivity index (χ4n) is 1.81. The number of anilines is 1. The third-order valence-corrected chi connectivity index (χ3v) is 4.40. The first-order valence-corrected chi connectivity index (χ1v) is 7.66. The van der Waals surface area contributed by atoms with E-state index in [1.54, 1.807) is 24.3 Å². The highest BCUT2D eigenvalue weighted by Crippen LogP contribution is 2.29. The quantitative estimate of drug-likeness (QED) is 0.726. The number of nitrogens with one attached hydrogen (secondary N) is 1. The molecule has 0 saturated carbocycles. The fraction of sp³-hybridized carbons (Fsp3) is 0.143. The number of nitrogens with two attached hydrogens (primary N) is 1. The Bertz CT molecular complexity index is 744. The number of hydrogen-bond donors (Lipinski definition) is 3. The van der Waals surface area contributed by atoms with Crippen LogP contribution in [-0.4, -0.2) is 20.6 Å². The van der Waals surface area contributed by atoms with Crippen LogP contribution in [0.4, 0.5) is 5.69 Å². The Hall–Kier alpha value is -2.09. The molecule has 0 saturated heterocycles. The highest BCUT2D eigenvalue weighted by Gasteiger charge is 2.16. The molecule has 0 spiro atoms. The van der Waals surface area contributed by atoms with Gasteiger partial charge in [0.15, 0.2) is 0 Å². The lowest BCUT2D eigenvalue weighted by atomic mass is 10.2. The van der Waals surface area contributed by atoms with Crippen LogP contribution in [0.1, 0.15) is 5.56 Å². The Morgan fingerprint density at radius 3 is 2.57 bits per heavy atom. The van der Waals surface area contributed by atoms with Crippen molar-refractivity contribution in [2.24, 2.45) is 0 Å². The molecule has 6 nitrogen and oxygen atoms in total. The van der Waals surface area contributed by atoms with Crippen molar-refractivity contribution in [3.63, 3.8) is 0 Å². The molecule has 21 heavy (non-hydrogen) atoms. The molecule has 0 aliphatic heterocycles. The van der Waals surface area contributed by atoms with Crippen LogP contribution in [0.15, 0.2) is 47.4 Å². The minimum absolute atomic E-state index is 0.00667. The molecule has 0 heterocycles. The second-order valence-electron chi connectivity index (χ2n) is 4.28. The van der Waals surface area contributed by atoms with Gasteiger partial charge in [-0.2, -0.15) is 0 Å². The summed E-state index contributed by atoms with van der Waals surface area (Å²) in [6.07, 6.45) is 0. The maximum absolute atomic E-state index is 11.7. The molecular formula is C14H16N2O4S. The van der Waals surface area contributed by atoms with Crippen molar-refractivity contribution in [2.45, 2.75) is 11.5 Å². The molecule has 0 aliphatic carbocycles. The Labute approximate surface area is 123 Å². The Kier molecular flexibility index (Phi) is 4.46. The van der Waals surface area contributed by atoms with Crippen LogP contribution in [-0.2, 0) is 16.6 Å². The SMILES string of the molecule is CNS(=O)(=O)c1ccc(Oc2ccccc2CO)cc1N. The van der Waals surface area contributed by atoms with E-state index in [0.29, 0.717) is 17.1 Å². The first-order chi connectivity index (χ1) is 9.97. The van der Waals surface area contributed by atoms with Gasteiger partial charge >= 0.3 is 0 Å². The van der Waals surface area contributed by atoms with Gasteiger partial charge in [0, 0.05) is 11.6 Å². The summed E-state index contributed by atoms with van der Waals surface area (Å²) in [7, 11) is -2.29. The van der Waals surface area contributed by atoms with E-state index in [2.05, 4.69) is 4.72 Å². The van der Waals surface area contributed by atoms with Crippen molar-refractivity contribution >= 4 is 15.7 Å². The number of benzene rings is 2. The lowest BCUT2D eigenvalue weighted by Crippen LogP contribution is -2.19. The molecule has 2 rings (SSSR count). The average molecular weight is 308 g/mol. The molecule has 0 unspecified atom stereocenters. The number of aliphatic hydroxyl groups excluding tert-OH is 1. The zero-order valence-corrected chi connectivity index (χ0v) is 12.2. The third-order valence-electron chi connectivity index (χ3n) is 2.91. The molecule has 2 aromatic rings. The lowest BCUT2D eigenvalue weighted by Gasteiger charge is -2.12. The van der Waals surface area contributed by atoms with E-state index < -0.39 is 10.0 Å². The van der Waals surface area contributed by atoms with Crippen LogP contribution >= 0.6 is 0 Å². The van der Waals surface area contributed by atoms with Crippen molar-refractivity contribution in [1.82, 2.24) is 4.72 Å². The molecule has 0 radical (unpaired) electrons. The van der Waals surface area contributed by atoms with Gasteiger partial charge in [0.05, 0.1) is 12.3 Å². The number of aliphatic hydroxyl groups is 1. The first kappa shape index (κ1) is 15.3. The number of para-hydroxylation sites is 1. The molecule has 0 aromatic heterocycles. The smallest absolute Gasteiger partial charge is 0.242 e. The van der Waals surface area contributed by atoms with Crippen molar-refractivity contribution < 1.29 is 18.3 Å². The standard InChI is InChI=1S/C14H16N2O4S/c1-16-21(18,19)14-7-6-11(8-12(14)15)20-13-5-3-2-4-10(13)9-17/h2-8,16-17H,9,15H2,1H3. The molecule has 0 amide bonds. The summed E-state index contributed by atoms with van der Waals surface area (Å²) in [5, 5.41) is 9.24. The monoisotopic (exact) mass is 308 g/mol. The van der Waals surface area contributed by atoms with Crippen LogP contribution in [0.25, 0.3) is 0 Å². The molecule has 0 aliphatic rings. The number of ether oxygens (including phenoxy) is 1. The summed E-state index contributed by atoms with van der Waals surface area (Å²) in [5.41, 5.74) is 6.47. The summed E-state index contributed by atoms with van der Waals surface area (Å²) in [6.45, 7) is -0.155. The van der Waals surface area contributed by atoms with Gasteiger partial charge in [-0.15, -0.1) is 0 Å². The fourth-order valence-corrected chi connectivity index (χ4v) is 2.64. The van der Waals surface area contributed by atoms with Crippen LogP contribution in [0.2, 0.25) is 0 Å². The van der Waals surface area contributed by atoms with Gasteiger partial charge in [0.25, 0.3) is 0 Å². The van der Waals surface area contributed by atoms with Crippen molar-refractivity contribution in [2.75, 3.05) is 12.8 Å². The Balaban J connectivity index is 2.33. The van der Waals surface area contributed by atoms with Gasteiger partial charge in [0.2, 0.25) is 10.0 Å². The van der Waals surface area contributed by atoms with Gasteiger partial charge in [0.1, 0.15) is 16.4 Å². The van der Waals surface area contributed by atoms with Crippen LogP contribution in [0.5, 0.6) is 11.5 Å². The van der Waals surface area contributed by atoms with E-state index in [9.17, 15) is 13.5 Å². The van der Waals surface area contributed by atoms with Gasteiger partial charge in [-0.25, -0.2) is 13.1 Å². The molecule has 0 bridgehead atoms. The van der Waals surface area contributed by atoms with E-state index >= 15 is 0 Å². The summed E-state index contributed by atoms with van der Waals surface area (Å²) in [6, 6.07) is 11.3. The van der Waals surface area contributed by atoms with Gasteiger partial charge in [-0.05, 0) is 25.2 Å². The maximum atomic E-state index is 11.7. The van der Waals surface area contributed by atoms with Crippen molar-refractivity contribution in [1.29, 1.82) is 0 Å². The second kappa shape index (κ2) is 6.13.